The van der Waals surface area contributed by atoms with Crippen molar-refractivity contribution in [2.24, 2.45) is 17.8 Å². The highest BCUT2D eigenvalue weighted by Gasteiger charge is 2.43. The normalized spacial score (nSPS) is 47.0. The molecule has 2 heteroatoms. The van der Waals surface area contributed by atoms with Crippen LogP contribution in [-0.4, -0.2) is 36.6 Å². The van der Waals surface area contributed by atoms with Crippen molar-refractivity contribution in [3.8, 4) is 0 Å². The Bertz CT molecular complexity index is 315. The lowest BCUT2D eigenvalue weighted by atomic mass is 9.72. The second-order valence-electron chi connectivity index (χ2n) is 7.93. The van der Waals surface area contributed by atoms with Gasteiger partial charge in [0.2, 0.25) is 0 Å². The summed E-state index contributed by atoms with van der Waals surface area (Å²) in [6.45, 7) is 6.32. The van der Waals surface area contributed by atoms with Crippen molar-refractivity contribution in [1.82, 2.24) is 10.2 Å². The summed E-state index contributed by atoms with van der Waals surface area (Å²) in [5.41, 5.74) is 0. The summed E-state index contributed by atoms with van der Waals surface area (Å²) in [5, 5.41) is 3.67. The van der Waals surface area contributed by atoms with Crippen LogP contribution in [0.15, 0.2) is 0 Å². The first-order valence-corrected chi connectivity index (χ1v) is 9.13. The van der Waals surface area contributed by atoms with E-state index in [1.165, 1.54) is 57.9 Å². The maximum Gasteiger partial charge on any atom is 0.0278 e. The van der Waals surface area contributed by atoms with Gasteiger partial charge in [-0.25, -0.2) is 0 Å². The van der Waals surface area contributed by atoms with Crippen molar-refractivity contribution in [3.63, 3.8) is 0 Å². The van der Waals surface area contributed by atoms with Gasteiger partial charge in [-0.15, -0.1) is 0 Å². The van der Waals surface area contributed by atoms with Gasteiger partial charge < -0.3 is 5.32 Å². The monoisotopic (exact) mass is 278 g/mol. The van der Waals surface area contributed by atoms with Crippen molar-refractivity contribution in [2.75, 3.05) is 13.6 Å². The third kappa shape index (κ3) is 2.78. The minimum absolute atomic E-state index is 0.717. The summed E-state index contributed by atoms with van der Waals surface area (Å²) < 4.78 is 0. The average molecular weight is 278 g/mol. The molecule has 2 aliphatic carbocycles. The number of rotatable bonds is 2. The van der Waals surface area contributed by atoms with E-state index in [1.54, 1.807) is 0 Å². The molecular formula is C18H34N2. The van der Waals surface area contributed by atoms with Gasteiger partial charge in [0.1, 0.15) is 0 Å². The van der Waals surface area contributed by atoms with Gasteiger partial charge in [-0.05, 0) is 69.9 Å². The molecule has 0 amide bonds. The highest BCUT2D eigenvalue weighted by atomic mass is 15.2. The first-order chi connectivity index (χ1) is 9.70. The molecule has 3 fully saturated rings. The largest absolute Gasteiger partial charge is 0.315 e. The molecule has 4 unspecified atom stereocenters. The Morgan fingerprint density at radius 3 is 2.50 bits per heavy atom. The minimum atomic E-state index is 0.717. The second-order valence-corrected chi connectivity index (χ2v) is 7.93. The highest BCUT2D eigenvalue weighted by Crippen LogP contribution is 2.41. The molecule has 0 radical (unpaired) electrons. The molecule has 1 saturated heterocycles. The number of likely N-dealkylation sites (N-methyl/N-ethyl adjacent to an activating group) is 1. The molecule has 116 valence electrons. The van der Waals surface area contributed by atoms with Crippen molar-refractivity contribution in [1.29, 1.82) is 0 Å². The lowest BCUT2D eigenvalue weighted by molar-refractivity contribution is -0.0257. The topological polar surface area (TPSA) is 15.3 Å². The molecule has 0 aromatic rings. The van der Waals surface area contributed by atoms with Crippen LogP contribution in [0.4, 0.5) is 0 Å². The molecule has 20 heavy (non-hydrogen) atoms. The van der Waals surface area contributed by atoms with Crippen molar-refractivity contribution < 1.29 is 0 Å². The summed E-state index contributed by atoms with van der Waals surface area (Å²) in [6.07, 6.45) is 11.7. The van der Waals surface area contributed by atoms with Crippen LogP contribution >= 0.6 is 0 Å². The predicted octanol–water partition coefficient (Wildman–Crippen LogP) is 3.66. The Kier molecular flexibility index (Phi) is 4.72. The molecule has 1 N–H and O–H groups in total. The zero-order valence-electron chi connectivity index (χ0n) is 13.8. The molecule has 2 saturated carbocycles. The Hall–Kier alpha value is -0.0800. The molecule has 0 bridgehead atoms. The molecule has 2 nitrogen and oxygen atoms in total. The first-order valence-electron chi connectivity index (χ1n) is 9.13. The lowest BCUT2D eigenvalue weighted by Gasteiger charge is -2.53. The van der Waals surface area contributed by atoms with Crippen molar-refractivity contribution >= 4 is 0 Å². The number of fused-ring (bicyclic) bond motifs is 1. The first kappa shape index (κ1) is 14.8. The Labute approximate surface area is 125 Å². The third-order valence-corrected chi connectivity index (χ3v) is 6.47. The maximum absolute atomic E-state index is 3.67. The van der Waals surface area contributed by atoms with Crippen molar-refractivity contribution in [2.45, 2.75) is 83.3 Å². The van der Waals surface area contributed by atoms with Gasteiger partial charge in [0.25, 0.3) is 0 Å². The van der Waals surface area contributed by atoms with E-state index < -0.39 is 0 Å². The standard InChI is InChI=1S/C18H34N2/c1-13-11-14(2)18(16(12-13)19-3)20-10-6-8-15-7-4-5-9-17(15)20/h13-19H,4-12H2,1-3H3/t13?,14?,15-,16?,17-,18?/m1/s1. The number of likely N-dealkylation sites (tertiary alicyclic amines) is 1. The fourth-order valence-corrected chi connectivity index (χ4v) is 5.72. The molecule has 3 rings (SSSR count). The van der Waals surface area contributed by atoms with Gasteiger partial charge in [-0.2, -0.15) is 0 Å². The van der Waals surface area contributed by atoms with Gasteiger partial charge in [-0.3, -0.25) is 4.90 Å². The van der Waals surface area contributed by atoms with Crippen LogP contribution < -0.4 is 5.32 Å². The zero-order valence-corrected chi connectivity index (χ0v) is 13.8. The van der Waals surface area contributed by atoms with E-state index in [2.05, 4.69) is 31.1 Å². The van der Waals surface area contributed by atoms with Gasteiger partial charge >= 0.3 is 0 Å². The Morgan fingerprint density at radius 1 is 0.950 bits per heavy atom. The summed E-state index contributed by atoms with van der Waals surface area (Å²) in [5.74, 6) is 2.77. The average Bonchev–Trinajstić information content (AvgIpc) is 2.46. The van der Waals surface area contributed by atoms with Crippen LogP contribution in [0.5, 0.6) is 0 Å². The molecule has 1 aliphatic heterocycles. The van der Waals surface area contributed by atoms with Crippen LogP contribution in [-0.2, 0) is 0 Å². The number of hydrogen-bond donors (Lipinski definition) is 1. The number of hydrogen-bond acceptors (Lipinski definition) is 2. The fourth-order valence-electron chi connectivity index (χ4n) is 5.72. The van der Waals surface area contributed by atoms with Gasteiger partial charge in [0, 0.05) is 18.1 Å². The van der Waals surface area contributed by atoms with E-state index in [-0.39, 0.29) is 0 Å². The summed E-state index contributed by atoms with van der Waals surface area (Å²) >= 11 is 0. The van der Waals surface area contributed by atoms with Crippen molar-refractivity contribution in [3.05, 3.63) is 0 Å². The quantitative estimate of drug-likeness (QED) is 0.829. The molecule has 3 aliphatic rings. The smallest absolute Gasteiger partial charge is 0.0278 e. The van der Waals surface area contributed by atoms with Crippen LogP contribution in [0, 0.1) is 17.8 Å². The summed E-state index contributed by atoms with van der Waals surface area (Å²) in [7, 11) is 2.19. The zero-order chi connectivity index (χ0) is 14.1. The number of nitrogens with zero attached hydrogens (tertiary/aromatic N) is 1. The van der Waals surface area contributed by atoms with Gasteiger partial charge in [-0.1, -0.05) is 26.7 Å². The summed E-state index contributed by atoms with van der Waals surface area (Å²) in [4.78, 5) is 2.96. The fraction of sp³-hybridized carbons (Fsp3) is 1.00. The number of nitrogens with one attached hydrogen (secondary N) is 1. The van der Waals surface area contributed by atoms with Crippen LogP contribution in [0.2, 0.25) is 0 Å². The Balaban J connectivity index is 1.77. The van der Waals surface area contributed by atoms with E-state index in [9.17, 15) is 0 Å². The molecule has 1 heterocycles. The second kappa shape index (κ2) is 6.36. The van der Waals surface area contributed by atoms with Crippen LogP contribution in [0.3, 0.4) is 0 Å². The minimum Gasteiger partial charge on any atom is -0.315 e. The SMILES string of the molecule is CNC1CC(C)CC(C)C1N1CCC[C@H]2CCCC[C@H]21. The highest BCUT2D eigenvalue weighted by molar-refractivity contribution is 4.99. The molecule has 6 atom stereocenters. The molecule has 0 spiro atoms. The molecule has 0 aromatic heterocycles. The summed E-state index contributed by atoms with van der Waals surface area (Å²) in [6, 6.07) is 2.42. The lowest BCUT2D eigenvalue weighted by Crippen LogP contribution is -2.61. The van der Waals surface area contributed by atoms with Crippen LogP contribution in [0.25, 0.3) is 0 Å². The predicted molar refractivity (Wildman–Crippen MR) is 85.9 cm³/mol. The van der Waals surface area contributed by atoms with E-state index in [1.807, 2.05) is 0 Å². The maximum atomic E-state index is 3.67. The van der Waals surface area contributed by atoms with Gasteiger partial charge in [0.15, 0.2) is 0 Å². The van der Waals surface area contributed by atoms with E-state index in [0.29, 0.717) is 0 Å². The number of piperidine rings is 1. The Morgan fingerprint density at radius 2 is 1.70 bits per heavy atom. The van der Waals surface area contributed by atoms with E-state index >= 15 is 0 Å². The van der Waals surface area contributed by atoms with Crippen LogP contribution in [0.1, 0.15) is 65.2 Å². The van der Waals surface area contributed by atoms with E-state index in [0.717, 1.165) is 35.9 Å². The third-order valence-electron chi connectivity index (χ3n) is 6.47. The molecular weight excluding hydrogens is 244 g/mol. The van der Waals surface area contributed by atoms with E-state index in [4.69, 9.17) is 0 Å². The van der Waals surface area contributed by atoms with Gasteiger partial charge in [0.05, 0.1) is 0 Å². The molecule has 0 aromatic carbocycles.